The fourth-order valence-electron chi connectivity index (χ4n) is 2.51. The summed E-state index contributed by atoms with van der Waals surface area (Å²) in [6.07, 6.45) is 3.43. The third-order valence-corrected chi connectivity index (χ3v) is 5.44. The Morgan fingerprint density at radius 3 is 2.85 bits per heavy atom. The maximum atomic E-state index is 12.7. The standard InChI is InChI=1S/C13H15N3O3S/c14-10-4-5-16(8-10)20(18,19)12-3-1-2-9-6-15-7-11(17)13(9)12/h1-3,6-7,10,17H,4-5,8,14H2. The van der Waals surface area contributed by atoms with Gasteiger partial charge in [0.05, 0.1) is 11.1 Å². The molecule has 1 aromatic carbocycles. The molecule has 2 aromatic rings. The first kappa shape index (κ1) is 13.3. The van der Waals surface area contributed by atoms with Crippen LogP contribution in [0, 0.1) is 0 Å². The molecule has 0 aliphatic carbocycles. The molecule has 6 nitrogen and oxygen atoms in total. The Morgan fingerprint density at radius 2 is 2.15 bits per heavy atom. The lowest BCUT2D eigenvalue weighted by Crippen LogP contribution is -2.32. The maximum absolute atomic E-state index is 12.7. The first-order valence-electron chi connectivity index (χ1n) is 6.31. The molecule has 1 saturated heterocycles. The summed E-state index contributed by atoms with van der Waals surface area (Å²) in [7, 11) is -3.66. The van der Waals surface area contributed by atoms with Crippen LogP contribution in [0.3, 0.4) is 0 Å². The smallest absolute Gasteiger partial charge is 0.243 e. The van der Waals surface area contributed by atoms with Crippen LogP contribution < -0.4 is 5.73 Å². The topological polar surface area (TPSA) is 96.5 Å². The molecule has 106 valence electrons. The van der Waals surface area contributed by atoms with E-state index in [2.05, 4.69) is 4.98 Å². The molecule has 0 spiro atoms. The summed E-state index contributed by atoms with van der Waals surface area (Å²) in [5.41, 5.74) is 5.78. The molecule has 1 atom stereocenters. The van der Waals surface area contributed by atoms with Crippen molar-refractivity contribution in [2.45, 2.75) is 17.4 Å². The number of fused-ring (bicyclic) bond motifs is 1. The Labute approximate surface area is 116 Å². The van der Waals surface area contributed by atoms with Gasteiger partial charge in [0.1, 0.15) is 5.75 Å². The molecule has 0 bridgehead atoms. The summed E-state index contributed by atoms with van der Waals surface area (Å²) in [4.78, 5) is 3.97. The van der Waals surface area contributed by atoms with Gasteiger partial charge in [-0.05, 0) is 12.5 Å². The predicted molar refractivity (Wildman–Crippen MR) is 74.8 cm³/mol. The van der Waals surface area contributed by atoms with Crippen LogP contribution in [0.5, 0.6) is 5.75 Å². The van der Waals surface area contributed by atoms with Crippen molar-refractivity contribution in [3.05, 3.63) is 30.6 Å². The third kappa shape index (κ3) is 2.04. The van der Waals surface area contributed by atoms with Crippen molar-refractivity contribution in [3.63, 3.8) is 0 Å². The van der Waals surface area contributed by atoms with Crippen LogP contribution in [-0.4, -0.2) is 41.9 Å². The molecular formula is C13H15N3O3S. The van der Waals surface area contributed by atoms with Crippen LogP contribution in [-0.2, 0) is 10.0 Å². The van der Waals surface area contributed by atoms with Gasteiger partial charge in [-0.3, -0.25) is 4.98 Å². The first-order valence-corrected chi connectivity index (χ1v) is 7.75. The minimum atomic E-state index is -3.66. The number of aromatic hydroxyl groups is 1. The minimum absolute atomic E-state index is 0.101. The quantitative estimate of drug-likeness (QED) is 0.848. The van der Waals surface area contributed by atoms with Crippen LogP contribution in [0.4, 0.5) is 0 Å². The SMILES string of the molecule is NC1CCN(S(=O)(=O)c2cccc3cncc(O)c23)C1. The van der Waals surface area contributed by atoms with E-state index in [1.807, 2.05) is 0 Å². The van der Waals surface area contributed by atoms with E-state index in [1.54, 1.807) is 12.1 Å². The zero-order valence-corrected chi connectivity index (χ0v) is 11.5. The maximum Gasteiger partial charge on any atom is 0.243 e. The van der Waals surface area contributed by atoms with Crippen molar-refractivity contribution in [2.24, 2.45) is 5.73 Å². The molecule has 1 unspecified atom stereocenters. The van der Waals surface area contributed by atoms with E-state index in [-0.39, 0.29) is 16.7 Å². The molecule has 1 aromatic heterocycles. The summed E-state index contributed by atoms with van der Waals surface area (Å²) >= 11 is 0. The summed E-state index contributed by atoms with van der Waals surface area (Å²) in [5, 5.41) is 10.8. The van der Waals surface area contributed by atoms with E-state index in [1.165, 1.54) is 22.8 Å². The van der Waals surface area contributed by atoms with E-state index in [0.717, 1.165) is 0 Å². The highest BCUT2D eigenvalue weighted by Gasteiger charge is 2.32. The summed E-state index contributed by atoms with van der Waals surface area (Å²) in [5.74, 6) is -0.134. The number of hydrogen-bond donors (Lipinski definition) is 2. The van der Waals surface area contributed by atoms with Gasteiger partial charge in [-0.15, -0.1) is 0 Å². The normalized spacial score (nSPS) is 20.6. The fraction of sp³-hybridized carbons (Fsp3) is 0.308. The van der Waals surface area contributed by atoms with Crippen molar-refractivity contribution >= 4 is 20.8 Å². The molecule has 1 aliphatic rings. The second kappa shape index (κ2) is 4.69. The lowest BCUT2D eigenvalue weighted by molar-refractivity contribution is 0.468. The highest BCUT2D eigenvalue weighted by atomic mass is 32.2. The van der Waals surface area contributed by atoms with Crippen LogP contribution in [0.1, 0.15) is 6.42 Å². The highest BCUT2D eigenvalue weighted by Crippen LogP contribution is 2.32. The monoisotopic (exact) mass is 293 g/mol. The van der Waals surface area contributed by atoms with Gasteiger partial charge in [0.15, 0.2) is 0 Å². The van der Waals surface area contributed by atoms with E-state index in [4.69, 9.17) is 5.73 Å². The molecule has 1 fully saturated rings. The number of nitrogens with two attached hydrogens (primary N) is 1. The van der Waals surface area contributed by atoms with Gasteiger partial charge >= 0.3 is 0 Å². The van der Waals surface area contributed by atoms with Crippen molar-refractivity contribution in [1.82, 2.24) is 9.29 Å². The molecule has 0 amide bonds. The van der Waals surface area contributed by atoms with Gasteiger partial charge < -0.3 is 10.8 Å². The minimum Gasteiger partial charge on any atom is -0.506 e. The Balaban J connectivity index is 2.19. The molecule has 20 heavy (non-hydrogen) atoms. The number of hydrogen-bond acceptors (Lipinski definition) is 5. The van der Waals surface area contributed by atoms with Gasteiger partial charge in [0.25, 0.3) is 0 Å². The Kier molecular flexibility index (Phi) is 3.12. The van der Waals surface area contributed by atoms with E-state index < -0.39 is 10.0 Å². The number of rotatable bonds is 2. The zero-order valence-electron chi connectivity index (χ0n) is 10.7. The fourth-order valence-corrected chi connectivity index (χ4v) is 4.25. The third-order valence-electron chi connectivity index (χ3n) is 3.53. The second-order valence-electron chi connectivity index (χ2n) is 4.92. The molecule has 2 heterocycles. The molecule has 0 radical (unpaired) electrons. The number of benzene rings is 1. The van der Waals surface area contributed by atoms with Crippen molar-refractivity contribution in [2.75, 3.05) is 13.1 Å². The predicted octanol–water partition coefficient (Wildman–Crippen LogP) is 0.662. The largest absolute Gasteiger partial charge is 0.506 e. The van der Waals surface area contributed by atoms with E-state index >= 15 is 0 Å². The van der Waals surface area contributed by atoms with Crippen molar-refractivity contribution in [3.8, 4) is 5.75 Å². The summed E-state index contributed by atoms with van der Waals surface area (Å²) < 4.78 is 26.7. The molecule has 3 N–H and O–H groups in total. The van der Waals surface area contributed by atoms with Crippen LogP contribution in [0.25, 0.3) is 10.8 Å². The summed E-state index contributed by atoms with van der Waals surface area (Å²) in [6, 6.07) is 4.74. The van der Waals surface area contributed by atoms with Gasteiger partial charge in [-0.2, -0.15) is 4.31 Å². The summed E-state index contributed by atoms with van der Waals surface area (Å²) in [6.45, 7) is 0.719. The Morgan fingerprint density at radius 1 is 1.35 bits per heavy atom. The average molecular weight is 293 g/mol. The number of nitrogens with zero attached hydrogens (tertiary/aromatic N) is 2. The number of pyridine rings is 1. The van der Waals surface area contributed by atoms with Crippen molar-refractivity contribution in [1.29, 1.82) is 0 Å². The van der Waals surface area contributed by atoms with Crippen LogP contribution in [0.15, 0.2) is 35.5 Å². The molecule has 1 aliphatic heterocycles. The van der Waals surface area contributed by atoms with Crippen LogP contribution in [0.2, 0.25) is 0 Å². The molecule has 3 rings (SSSR count). The number of sulfonamides is 1. The first-order chi connectivity index (χ1) is 9.50. The Hall–Kier alpha value is -1.70. The van der Waals surface area contributed by atoms with E-state index in [9.17, 15) is 13.5 Å². The van der Waals surface area contributed by atoms with E-state index in [0.29, 0.717) is 30.3 Å². The van der Waals surface area contributed by atoms with Crippen LogP contribution >= 0.6 is 0 Å². The highest BCUT2D eigenvalue weighted by molar-refractivity contribution is 7.89. The molecule has 7 heteroatoms. The Bertz CT molecular complexity index is 755. The molecular weight excluding hydrogens is 278 g/mol. The van der Waals surface area contributed by atoms with Gasteiger partial charge in [-0.1, -0.05) is 12.1 Å². The molecule has 0 saturated carbocycles. The lowest BCUT2D eigenvalue weighted by atomic mass is 10.2. The van der Waals surface area contributed by atoms with Gasteiger partial charge in [0, 0.05) is 36.1 Å². The number of aromatic nitrogens is 1. The van der Waals surface area contributed by atoms with Gasteiger partial charge in [0.2, 0.25) is 10.0 Å². The van der Waals surface area contributed by atoms with Gasteiger partial charge in [-0.25, -0.2) is 8.42 Å². The van der Waals surface area contributed by atoms with Crippen molar-refractivity contribution < 1.29 is 13.5 Å². The second-order valence-corrected chi connectivity index (χ2v) is 6.83. The zero-order chi connectivity index (χ0) is 14.3. The lowest BCUT2D eigenvalue weighted by Gasteiger charge is -2.17. The average Bonchev–Trinajstić information content (AvgIpc) is 2.86.